The predicted molar refractivity (Wildman–Crippen MR) is 178 cm³/mol. The Morgan fingerprint density at radius 1 is 0.957 bits per heavy atom. The van der Waals surface area contributed by atoms with Crippen molar-refractivity contribution in [2.45, 2.75) is 89.7 Å². The first-order chi connectivity index (χ1) is 22.6. The SMILES string of the molecule is CC[C@H](C)[C@H]1NC(=O)[C@H]2N=C(O[C@@H]2C)[C@@H]2CCCN2C(=O)[C@H](Cc2ccccc2)NC(=O)c2csc(n2)[C@@H](C)NC(=O)c2csc1n2. The Balaban J connectivity index is 1.37. The molecule has 1 fully saturated rings. The summed E-state index contributed by atoms with van der Waals surface area (Å²) in [6.07, 6.45) is 1.87. The van der Waals surface area contributed by atoms with Crippen LogP contribution in [-0.2, 0) is 20.7 Å². The Kier molecular flexibility index (Phi) is 9.69. The third kappa shape index (κ3) is 6.93. The highest BCUT2D eigenvalue weighted by atomic mass is 32.1. The number of ether oxygens (including phenoxy) is 1. The molecule has 6 bridgehead atoms. The van der Waals surface area contributed by atoms with Gasteiger partial charge in [0.15, 0.2) is 6.04 Å². The average molecular weight is 678 g/mol. The lowest BCUT2D eigenvalue weighted by Crippen LogP contribution is -2.52. The van der Waals surface area contributed by atoms with Crippen LogP contribution < -0.4 is 16.0 Å². The maximum absolute atomic E-state index is 14.2. The molecule has 3 aliphatic heterocycles. The number of carbonyl (C=O) groups excluding carboxylic acids is 4. The molecule has 0 saturated carbocycles. The molecule has 3 aromatic rings. The number of hydrogen-bond acceptors (Lipinski definition) is 10. The molecule has 248 valence electrons. The Morgan fingerprint density at radius 3 is 2.36 bits per heavy atom. The number of thiazole rings is 2. The van der Waals surface area contributed by atoms with Gasteiger partial charge in [0.2, 0.25) is 17.7 Å². The van der Waals surface area contributed by atoms with Gasteiger partial charge in [-0.1, -0.05) is 50.6 Å². The van der Waals surface area contributed by atoms with E-state index >= 15 is 0 Å². The first kappa shape index (κ1) is 32.8. The number of fused-ring (bicyclic) bond motifs is 7. The van der Waals surface area contributed by atoms with Gasteiger partial charge in [-0.2, -0.15) is 0 Å². The van der Waals surface area contributed by atoms with Crippen molar-refractivity contribution in [1.82, 2.24) is 30.8 Å². The summed E-state index contributed by atoms with van der Waals surface area (Å²) in [7, 11) is 0. The lowest BCUT2D eigenvalue weighted by molar-refractivity contribution is -0.133. The maximum Gasteiger partial charge on any atom is 0.271 e. The molecule has 4 amide bonds. The Bertz CT molecular complexity index is 1670. The second kappa shape index (κ2) is 13.9. The summed E-state index contributed by atoms with van der Waals surface area (Å²) in [5, 5.41) is 13.5. The van der Waals surface area contributed by atoms with Crippen molar-refractivity contribution in [3.63, 3.8) is 0 Å². The quantitative estimate of drug-likeness (QED) is 0.379. The lowest BCUT2D eigenvalue weighted by atomic mass is 9.99. The molecule has 0 aliphatic carbocycles. The third-order valence-corrected chi connectivity index (χ3v) is 11.0. The van der Waals surface area contributed by atoms with Crippen molar-refractivity contribution in [3.05, 3.63) is 68.1 Å². The highest BCUT2D eigenvalue weighted by molar-refractivity contribution is 7.10. The summed E-state index contributed by atoms with van der Waals surface area (Å²) in [4.78, 5) is 70.3. The summed E-state index contributed by atoms with van der Waals surface area (Å²) in [5.41, 5.74) is 1.29. The van der Waals surface area contributed by atoms with E-state index in [9.17, 15) is 19.2 Å². The van der Waals surface area contributed by atoms with Gasteiger partial charge in [0.05, 0.1) is 12.1 Å². The number of rotatable bonds is 4. The molecule has 7 atom stereocenters. The van der Waals surface area contributed by atoms with Gasteiger partial charge in [0, 0.05) is 23.7 Å². The van der Waals surface area contributed by atoms with Crippen molar-refractivity contribution < 1.29 is 23.9 Å². The van der Waals surface area contributed by atoms with E-state index < -0.39 is 42.2 Å². The van der Waals surface area contributed by atoms with Gasteiger partial charge in [-0.25, -0.2) is 15.0 Å². The normalized spacial score (nSPS) is 27.5. The van der Waals surface area contributed by atoms with Crippen LogP contribution in [-0.4, -0.2) is 75.2 Å². The monoisotopic (exact) mass is 677 g/mol. The zero-order chi connectivity index (χ0) is 33.2. The van der Waals surface area contributed by atoms with Crippen LogP contribution in [0, 0.1) is 5.92 Å². The van der Waals surface area contributed by atoms with Crippen LogP contribution in [0.2, 0.25) is 0 Å². The highest BCUT2D eigenvalue weighted by Gasteiger charge is 2.43. The van der Waals surface area contributed by atoms with Gasteiger partial charge in [0.1, 0.15) is 39.6 Å². The Labute approximate surface area is 281 Å². The molecule has 0 spiro atoms. The van der Waals surface area contributed by atoms with Gasteiger partial charge in [-0.3, -0.25) is 19.2 Å². The van der Waals surface area contributed by atoms with Crippen LogP contribution in [0.15, 0.2) is 46.1 Å². The molecular weight excluding hydrogens is 639 g/mol. The van der Waals surface area contributed by atoms with E-state index in [4.69, 9.17) is 9.73 Å². The van der Waals surface area contributed by atoms with Crippen molar-refractivity contribution in [1.29, 1.82) is 0 Å². The summed E-state index contributed by atoms with van der Waals surface area (Å²) >= 11 is 2.57. The van der Waals surface area contributed by atoms with E-state index in [-0.39, 0.29) is 41.4 Å². The molecule has 1 aromatic carbocycles. The molecule has 12 nitrogen and oxygen atoms in total. The molecule has 3 aliphatic rings. The van der Waals surface area contributed by atoms with E-state index in [1.54, 1.807) is 29.5 Å². The van der Waals surface area contributed by atoms with E-state index in [2.05, 4.69) is 25.9 Å². The molecule has 3 N–H and O–H groups in total. The first-order valence-electron chi connectivity index (χ1n) is 16.0. The number of amides is 4. The lowest BCUT2D eigenvalue weighted by Gasteiger charge is -2.29. The minimum Gasteiger partial charge on any atom is -0.474 e. The largest absolute Gasteiger partial charge is 0.474 e. The molecule has 6 rings (SSSR count). The smallest absolute Gasteiger partial charge is 0.271 e. The van der Waals surface area contributed by atoms with Gasteiger partial charge >= 0.3 is 0 Å². The minimum absolute atomic E-state index is 0.0332. The fourth-order valence-corrected chi connectivity index (χ4v) is 7.90. The van der Waals surface area contributed by atoms with E-state index in [0.29, 0.717) is 28.9 Å². The predicted octanol–water partition coefficient (Wildman–Crippen LogP) is 3.83. The second-order valence-corrected chi connectivity index (χ2v) is 14.1. The van der Waals surface area contributed by atoms with Gasteiger partial charge in [-0.15, -0.1) is 22.7 Å². The number of nitrogens with one attached hydrogen (secondary N) is 3. The standard InChI is InChI=1S/C33H39N7O5S2/c1-5-17(2)25-32-37-22(16-47-32)27(41)34-18(3)31-36-23(15-46-31)28(42)35-21(14-20-10-7-6-8-11-20)33(44)40-13-9-12-24(40)30-39-26(19(4)45-30)29(43)38-25/h6-8,10-11,15-19,21,24-26H,5,9,12-14H2,1-4H3,(H,34,41)(H,35,42)(H,38,43)/t17-,18+,19+,21-,24-,25+,26-/m0/s1. The summed E-state index contributed by atoms with van der Waals surface area (Å²) in [6.45, 7) is 8.13. The van der Waals surface area contributed by atoms with Crippen LogP contribution >= 0.6 is 22.7 Å². The second-order valence-electron chi connectivity index (χ2n) is 12.3. The van der Waals surface area contributed by atoms with Crippen LogP contribution in [0.1, 0.15) is 95.6 Å². The maximum atomic E-state index is 14.2. The number of aromatic nitrogens is 2. The molecule has 47 heavy (non-hydrogen) atoms. The van der Waals surface area contributed by atoms with Crippen LogP contribution in [0.3, 0.4) is 0 Å². The fourth-order valence-electron chi connectivity index (χ4n) is 6.11. The minimum atomic E-state index is -0.879. The topological polar surface area (TPSA) is 155 Å². The fraction of sp³-hybridized carbons (Fsp3) is 0.485. The number of benzene rings is 1. The number of carbonyl (C=O) groups is 4. The number of aliphatic imine (C=N–C) groups is 1. The van der Waals surface area contributed by atoms with Crippen LogP contribution in [0.25, 0.3) is 0 Å². The molecule has 2 aromatic heterocycles. The van der Waals surface area contributed by atoms with Crippen LogP contribution in [0.5, 0.6) is 0 Å². The molecule has 0 unspecified atom stereocenters. The highest BCUT2D eigenvalue weighted by Crippen LogP contribution is 2.30. The Hall–Kier alpha value is -4.17. The average Bonchev–Trinajstić information content (AvgIpc) is 3.89. The molecule has 5 heterocycles. The first-order valence-corrected chi connectivity index (χ1v) is 17.8. The molecular formula is C33H39N7O5S2. The molecule has 0 radical (unpaired) electrons. The summed E-state index contributed by atoms with van der Waals surface area (Å²) in [6, 6.07) is 6.43. The van der Waals surface area contributed by atoms with E-state index in [0.717, 1.165) is 18.4 Å². The van der Waals surface area contributed by atoms with Gasteiger partial charge in [0.25, 0.3) is 11.8 Å². The van der Waals surface area contributed by atoms with E-state index in [1.807, 2.05) is 44.2 Å². The molecule has 14 heteroatoms. The Morgan fingerprint density at radius 2 is 1.64 bits per heavy atom. The number of hydrogen-bond donors (Lipinski definition) is 3. The van der Waals surface area contributed by atoms with Gasteiger partial charge < -0.3 is 25.6 Å². The van der Waals surface area contributed by atoms with Crippen molar-refractivity contribution in [2.75, 3.05) is 6.54 Å². The summed E-state index contributed by atoms with van der Waals surface area (Å²) in [5.74, 6) is -1.04. The van der Waals surface area contributed by atoms with Crippen molar-refractivity contribution in [2.24, 2.45) is 10.9 Å². The van der Waals surface area contributed by atoms with Crippen molar-refractivity contribution in [3.8, 4) is 0 Å². The van der Waals surface area contributed by atoms with Crippen molar-refractivity contribution >= 4 is 52.2 Å². The van der Waals surface area contributed by atoms with E-state index in [1.165, 1.54) is 22.7 Å². The van der Waals surface area contributed by atoms with Gasteiger partial charge in [-0.05, 0) is 38.2 Å². The zero-order valence-electron chi connectivity index (χ0n) is 26.8. The molecule has 1 saturated heterocycles. The zero-order valence-corrected chi connectivity index (χ0v) is 28.4. The number of nitrogens with zero attached hydrogens (tertiary/aromatic N) is 4. The third-order valence-electron chi connectivity index (χ3n) is 9.00. The summed E-state index contributed by atoms with van der Waals surface area (Å²) < 4.78 is 6.17. The van der Waals surface area contributed by atoms with Crippen LogP contribution in [0.4, 0.5) is 0 Å².